The van der Waals surface area contributed by atoms with Gasteiger partial charge in [0, 0.05) is 5.69 Å². The van der Waals surface area contributed by atoms with Gasteiger partial charge in [-0.05, 0) is 23.8 Å². The van der Waals surface area contributed by atoms with Crippen LogP contribution in [0.1, 0.15) is 22.3 Å². The van der Waals surface area contributed by atoms with Crippen molar-refractivity contribution < 1.29 is 9.90 Å². The Hall–Kier alpha value is -3.25. The van der Waals surface area contributed by atoms with Gasteiger partial charge in [-0.1, -0.05) is 47.5 Å². The number of halogens is 2. The first-order chi connectivity index (χ1) is 20.0. The van der Waals surface area contributed by atoms with E-state index in [1.165, 1.54) is 30.0 Å². The molecule has 1 radical (unpaired) electrons. The fourth-order valence-corrected chi connectivity index (χ4v) is 13.1. The third-order valence-corrected chi connectivity index (χ3v) is 14.9. The minimum atomic E-state index is -1.56. The third-order valence-electron chi connectivity index (χ3n) is 6.47. The number of benzene rings is 5. The quantitative estimate of drug-likeness (QED) is 0.144. The van der Waals surface area contributed by atoms with Crippen molar-refractivity contribution in [3.63, 3.8) is 0 Å². The fourth-order valence-electron chi connectivity index (χ4n) is 4.55. The summed E-state index contributed by atoms with van der Waals surface area (Å²) in [7, 11) is 0. The molecular weight excluding hydrogens is 656 g/mol. The molecule has 6 heteroatoms. The molecule has 5 aromatic carbocycles. The van der Waals surface area contributed by atoms with Crippen LogP contribution in [0.2, 0.25) is 10.0 Å². The number of hydrogen-bond acceptors (Lipinski definition) is 2. The predicted molar refractivity (Wildman–Crippen MR) is 174 cm³/mol. The van der Waals surface area contributed by atoms with Gasteiger partial charge in [0.15, 0.2) is 0 Å². The Kier molecular flexibility index (Phi) is 12.2. The Morgan fingerprint density at radius 3 is 1.44 bits per heavy atom. The molecule has 0 atom stereocenters. The van der Waals surface area contributed by atoms with Gasteiger partial charge in [0.1, 0.15) is 0 Å². The Labute approximate surface area is 259 Å². The zero-order valence-corrected chi connectivity index (χ0v) is 27.0. The first-order valence-corrected chi connectivity index (χ1v) is 20.2. The summed E-state index contributed by atoms with van der Waals surface area (Å²) in [5.41, 5.74) is 6.48. The van der Waals surface area contributed by atoms with Crippen LogP contribution in [0.5, 0.6) is 0 Å². The van der Waals surface area contributed by atoms with Crippen molar-refractivity contribution >= 4 is 60.3 Å². The summed E-state index contributed by atoms with van der Waals surface area (Å²) in [5.74, 6) is -0.889. The van der Waals surface area contributed by atoms with E-state index in [0.717, 1.165) is 0 Å². The van der Waals surface area contributed by atoms with Gasteiger partial charge < -0.3 is 10.4 Å². The normalized spacial score (nSPS) is 10.5. The molecule has 0 unspecified atom stereocenters. The van der Waals surface area contributed by atoms with Crippen molar-refractivity contribution in [3.8, 4) is 0 Å². The van der Waals surface area contributed by atoms with Crippen LogP contribution >= 0.6 is 23.2 Å². The molecule has 2 N–H and O–H groups in total. The topological polar surface area (TPSA) is 49.3 Å². The zero-order valence-electron chi connectivity index (χ0n) is 22.6. The second kappa shape index (κ2) is 16.3. The first kappa shape index (κ1) is 30.7. The number of nitrogens with one attached hydrogen (secondary N) is 1. The summed E-state index contributed by atoms with van der Waals surface area (Å²) < 4.78 is 3.98. The van der Waals surface area contributed by atoms with E-state index in [1.807, 2.05) is 6.07 Å². The van der Waals surface area contributed by atoms with Crippen molar-refractivity contribution in [1.82, 2.24) is 0 Å². The maximum atomic E-state index is 10.8. The molecule has 3 nitrogen and oxygen atoms in total. The molecule has 0 bridgehead atoms. The molecule has 0 spiro atoms. The SMILES string of the molecule is O=C(O)Cc1ccccc1Nc1c(Cl)cccc1Cl.c1ccc([CH2][Sn]([CH2]c2ccccc2)[CH2]c2ccccc2)cc1. The van der Waals surface area contributed by atoms with Crippen molar-refractivity contribution in [3.05, 3.63) is 166 Å². The number of hydrogen-bond donors (Lipinski definition) is 2. The summed E-state index contributed by atoms with van der Waals surface area (Å²) in [4.78, 5) is 10.8. The average molecular weight is 688 g/mol. The van der Waals surface area contributed by atoms with Gasteiger partial charge in [0.2, 0.25) is 0 Å². The fraction of sp³-hybridized carbons (Fsp3) is 0.114. The molecule has 0 amide bonds. The summed E-state index contributed by atoms with van der Waals surface area (Å²) in [6.07, 6.45) is -0.0642. The van der Waals surface area contributed by atoms with Crippen LogP contribution in [-0.4, -0.2) is 30.8 Å². The van der Waals surface area contributed by atoms with Gasteiger partial charge in [-0.15, -0.1) is 0 Å². The molecule has 0 saturated heterocycles. The van der Waals surface area contributed by atoms with E-state index in [2.05, 4.69) is 96.3 Å². The van der Waals surface area contributed by atoms with Crippen LogP contribution in [0, 0.1) is 0 Å². The average Bonchev–Trinajstić information content (AvgIpc) is 2.98. The summed E-state index contributed by atoms with van der Waals surface area (Å²) >= 11 is 10.6. The van der Waals surface area contributed by atoms with Gasteiger partial charge in [0.05, 0.1) is 22.2 Å². The van der Waals surface area contributed by atoms with Gasteiger partial charge >= 0.3 is 147 Å². The van der Waals surface area contributed by atoms with E-state index < -0.39 is 25.7 Å². The van der Waals surface area contributed by atoms with Crippen LogP contribution in [0.15, 0.2) is 133 Å². The number of para-hydroxylation sites is 2. The maximum absolute atomic E-state index is 10.8. The summed E-state index contributed by atoms with van der Waals surface area (Å²) in [5, 5.41) is 12.9. The van der Waals surface area contributed by atoms with Crippen LogP contribution in [0.3, 0.4) is 0 Å². The van der Waals surface area contributed by atoms with Crippen LogP contribution in [-0.2, 0) is 24.5 Å². The molecule has 0 fully saturated rings. The molecule has 0 heterocycles. The van der Waals surface area contributed by atoms with Gasteiger partial charge in [0.25, 0.3) is 0 Å². The Morgan fingerprint density at radius 2 is 1.00 bits per heavy atom. The predicted octanol–water partition coefficient (Wildman–Crippen LogP) is 9.19. The zero-order chi connectivity index (χ0) is 28.9. The van der Waals surface area contributed by atoms with Gasteiger partial charge in [-0.3, -0.25) is 4.79 Å². The molecule has 0 aliphatic rings. The monoisotopic (exact) mass is 688 g/mol. The van der Waals surface area contributed by atoms with Gasteiger partial charge in [-0.2, -0.15) is 0 Å². The summed E-state index contributed by atoms with van der Waals surface area (Å²) in [6.45, 7) is 0. The van der Waals surface area contributed by atoms with Crippen molar-refractivity contribution in [2.45, 2.75) is 19.7 Å². The van der Waals surface area contributed by atoms with E-state index in [9.17, 15) is 4.79 Å². The molecule has 5 aromatic rings. The van der Waals surface area contributed by atoms with Crippen LogP contribution in [0.4, 0.5) is 11.4 Å². The van der Waals surface area contributed by atoms with E-state index in [4.69, 9.17) is 28.3 Å². The Balaban J connectivity index is 0.000000191. The Morgan fingerprint density at radius 1 is 0.585 bits per heavy atom. The van der Waals surface area contributed by atoms with E-state index in [0.29, 0.717) is 27.0 Å². The number of carbonyl (C=O) groups is 1. The minimum absolute atomic E-state index is 0.0642. The third kappa shape index (κ3) is 10.3. The second-order valence-electron chi connectivity index (χ2n) is 9.69. The number of carboxylic acids is 1. The van der Waals surface area contributed by atoms with Crippen LogP contribution < -0.4 is 5.32 Å². The second-order valence-corrected chi connectivity index (χ2v) is 17.8. The summed E-state index contributed by atoms with van der Waals surface area (Å²) in [6, 6.07) is 45.4. The number of anilines is 2. The number of carboxylic acid groups (broad SMARTS) is 1. The van der Waals surface area contributed by atoms with Gasteiger partial charge in [-0.25, -0.2) is 0 Å². The standard InChI is InChI=1S/C14H11Cl2NO2.3C7H7.Sn/c15-10-5-3-6-11(16)14(10)17-12-7-2-1-4-9(12)8-13(18)19;3*1-7-5-3-2-4-6-7;/h1-7,17H,8H2,(H,18,19);3*2-6H,1H2;. The number of rotatable bonds is 10. The van der Waals surface area contributed by atoms with Crippen molar-refractivity contribution in [1.29, 1.82) is 0 Å². The first-order valence-electron chi connectivity index (χ1n) is 13.4. The van der Waals surface area contributed by atoms with E-state index >= 15 is 0 Å². The molecule has 41 heavy (non-hydrogen) atoms. The molecule has 207 valence electrons. The van der Waals surface area contributed by atoms with E-state index in [1.54, 1.807) is 36.4 Å². The molecule has 0 aliphatic heterocycles. The Bertz CT molecular complexity index is 1400. The number of aliphatic carboxylic acids is 1. The molecule has 0 aromatic heterocycles. The van der Waals surface area contributed by atoms with E-state index in [-0.39, 0.29) is 6.42 Å². The molecular formula is C35H32Cl2NO2Sn. The van der Waals surface area contributed by atoms with Crippen LogP contribution in [0.25, 0.3) is 0 Å². The molecule has 0 saturated carbocycles. The van der Waals surface area contributed by atoms with Crippen molar-refractivity contribution in [2.24, 2.45) is 0 Å². The molecule has 0 aliphatic carbocycles. The molecule has 5 rings (SSSR count). The van der Waals surface area contributed by atoms with Crippen molar-refractivity contribution in [2.75, 3.05) is 5.32 Å².